The van der Waals surface area contributed by atoms with Crippen molar-refractivity contribution in [3.8, 4) is 5.75 Å². The van der Waals surface area contributed by atoms with Crippen LogP contribution in [-0.4, -0.2) is 37.8 Å². The van der Waals surface area contributed by atoms with E-state index in [1.807, 2.05) is 0 Å². The van der Waals surface area contributed by atoms with Crippen LogP contribution in [0, 0.1) is 6.92 Å². The Morgan fingerprint density at radius 1 is 1.00 bits per heavy atom. The fraction of sp³-hybridized carbons (Fsp3) is 0.625. The highest BCUT2D eigenvalue weighted by molar-refractivity contribution is 5.26. The quantitative estimate of drug-likeness (QED) is 0.745. The molecule has 2 atom stereocenters. The Bertz CT molecular complexity index is 377. The van der Waals surface area contributed by atoms with Crippen molar-refractivity contribution in [2.45, 2.75) is 44.8 Å². The maximum absolute atomic E-state index is 6.23. The summed E-state index contributed by atoms with van der Waals surface area (Å²) in [5.41, 5.74) is 1.29. The molecule has 1 saturated carbocycles. The Hall–Kier alpha value is -1.02. The van der Waals surface area contributed by atoms with Crippen LogP contribution < -0.4 is 4.74 Å². The van der Waals surface area contributed by atoms with E-state index in [2.05, 4.69) is 52.3 Å². The van der Waals surface area contributed by atoms with Crippen molar-refractivity contribution in [1.82, 2.24) is 0 Å². The number of likely N-dealkylation sites (N-methyl/N-ethyl adjacent to an activating group) is 1. The van der Waals surface area contributed by atoms with Gasteiger partial charge in [0.1, 0.15) is 11.8 Å². The molecule has 2 heteroatoms. The minimum atomic E-state index is 0.362. The normalized spacial score (nSPS) is 24.9. The van der Waals surface area contributed by atoms with E-state index in [-0.39, 0.29) is 0 Å². The Labute approximate surface area is 111 Å². The summed E-state index contributed by atoms with van der Waals surface area (Å²) in [6.07, 6.45) is 5.47. The maximum atomic E-state index is 6.23. The third-order valence-corrected chi connectivity index (χ3v) is 3.97. The minimum Gasteiger partial charge on any atom is -0.484 e. The zero-order valence-electron chi connectivity index (χ0n) is 12.1. The van der Waals surface area contributed by atoms with Gasteiger partial charge in [0.2, 0.25) is 0 Å². The molecule has 0 N–H and O–H groups in total. The van der Waals surface area contributed by atoms with E-state index in [0.29, 0.717) is 12.1 Å². The molecular weight excluding hydrogens is 222 g/mol. The number of quaternary nitrogens is 1. The second-order valence-corrected chi connectivity index (χ2v) is 6.44. The predicted octanol–water partition coefficient (Wildman–Crippen LogP) is 3.39. The predicted molar refractivity (Wildman–Crippen MR) is 75.9 cm³/mol. The van der Waals surface area contributed by atoms with Gasteiger partial charge in [-0.3, -0.25) is 0 Å². The van der Waals surface area contributed by atoms with Gasteiger partial charge < -0.3 is 9.22 Å². The third-order valence-electron chi connectivity index (χ3n) is 3.97. The zero-order valence-corrected chi connectivity index (χ0v) is 12.1. The molecule has 0 amide bonds. The van der Waals surface area contributed by atoms with Crippen LogP contribution >= 0.6 is 0 Å². The van der Waals surface area contributed by atoms with Gasteiger partial charge in [0, 0.05) is 6.42 Å². The lowest BCUT2D eigenvalue weighted by molar-refractivity contribution is -0.900. The average molecular weight is 248 g/mol. The summed E-state index contributed by atoms with van der Waals surface area (Å²) in [6.45, 7) is 2.11. The van der Waals surface area contributed by atoms with Gasteiger partial charge >= 0.3 is 0 Å². The number of nitrogens with zero attached hydrogens (tertiary/aromatic N) is 1. The van der Waals surface area contributed by atoms with Crippen LogP contribution in [0.4, 0.5) is 0 Å². The molecule has 1 aliphatic carbocycles. The van der Waals surface area contributed by atoms with Crippen LogP contribution in [0.3, 0.4) is 0 Å². The molecule has 1 aromatic carbocycles. The molecule has 0 bridgehead atoms. The number of aryl methyl sites for hydroxylation is 1. The molecule has 1 aliphatic rings. The van der Waals surface area contributed by atoms with Crippen molar-refractivity contribution in [2.24, 2.45) is 0 Å². The van der Waals surface area contributed by atoms with Crippen molar-refractivity contribution < 1.29 is 9.22 Å². The SMILES string of the molecule is Cc1ccc(O[C@@H]2CCCC[C@H]2[N+](C)(C)C)cc1. The van der Waals surface area contributed by atoms with Crippen LogP contribution in [0.5, 0.6) is 5.75 Å². The fourth-order valence-corrected chi connectivity index (χ4v) is 2.89. The lowest BCUT2D eigenvalue weighted by atomic mass is 9.90. The highest BCUT2D eigenvalue weighted by atomic mass is 16.5. The summed E-state index contributed by atoms with van der Waals surface area (Å²) in [4.78, 5) is 0. The van der Waals surface area contributed by atoms with Crippen LogP contribution in [0.1, 0.15) is 31.2 Å². The molecule has 2 nitrogen and oxygen atoms in total. The van der Waals surface area contributed by atoms with Gasteiger partial charge in [0.05, 0.1) is 21.1 Å². The van der Waals surface area contributed by atoms with E-state index in [0.717, 1.165) is 10.2 Å². The van der Waals surface area contributed by atoms with Crippen molar-refractivity contribution >= 4 is 0 Å². The van der Waals surface area contributed by atoms with Gasteiger partial charge in [-0.25, -0.2) is 0 Å². The van der Waals surface area contributed by atoms with E-state index >= 15 is 0 Å². The summed E-state index contributed by atoms with van der Waals surface area (Å²) in [6, 6.07) is 9.05. The number of hydrogen-bond acceptors (Lipinski definition) is 1. The number of hydrogen-bond donors (Lipinski definition) is 0. The summed E-state index contributed by atoms with van der Waals surface area (Å²) < 4.78 is 7.23. The second-order valence-electron chi connectivity index (χ2n) is 6.44. The van der Waals surface area contributed by atoms with Gasteiger partial charge in [-0.05, 0) is 38.3 Å². The van der Waals surface area contributed by atoms with Gasteiger partial charge in [-0.1, -0.05) is 17.7 Å². The number of rotatable bonds is 3. The van der Waals surface area contributed by atoms with Crippen LogP contribution in [0.2, 0.25) is 0 Å². The standard InChI is InChI=1S/C16H26NO/c1-13-9-11-14(12-10-13)18-16-8-6-5-7-15(16)17(2,3)4/h9-12,15-16H,5-8H2,1-4H3/q+1/t15-,16-/m1/s1. The van der Waals surface area contributed by atoms with Crippen LogP contribution in [0.25, 0.3) is 0 Å². The molecule has 100 valence electrons. The molecule has 0 radical (unpaired) electrons. The smallest absolute Gasteiger partial charge is 0.150 e. The highest BCUT2D eigenvalue weighted by Gasteiger charge is 2.36. The molecule has 2 rings (SSSR count). The van der Waals surface area contributed by atoms with Gasteiger partial charge in [0.25, 0.3) is 0 Å². The molecule has 0 heterocycles. The Morgan fingerprint density at radius 3 is 2.22 bits per heavy atom. The van der Waals surface area contributed by atoms with Crippen molar-refractivity contribution in [2.75, 3.05) is 21.1 Å². The van der Waals surface area contributed by atoms with E-state index in [9.17, 15) is 0 Å². The third kappa shape index (κ3) is 3.26. The first kappa shape index (κ1) is 13.4. The molecule has 1 fully saturated rings. The van der Waals surface area contributed by atoms with E-state index < -0.39 is 0 Å². The van der Waals surface area contributed by atoms with E-state index in [1.54, 1.807) is 0 Å². The monoisotopic (exact) mass is 248 g/mol. The Kier molecular flexibility index (Phi) is 3.96. The number of benzene rings is 1. The largest absolute Gasteiger partial charge is 0.484 e. The highest BCUT2D eigenvalue weighted by Crippen LogP contribution is 2.28. The fourth-order valence-electron chi connectivity index (χ4n) is 2.89. The van der Waals surface area contributed by atoms with Crippen molar-refractivity contribution in [3.63, 3.8) is 0 Å². The topological polar surface area (TPSA) is 9.23 Å². The Morgan fingerprint density at radius 2 is 1.61 bits per heavy atom. The summed E-state index contributed by atoms with van der Waals surface area (Å²) in [5, 5.41) is 0. The molecule has 0 spiro atoms. The van der Waals surface area contributed by atoms with Crippen molar-refractivity contribution in [3.05, 3.63) is 29.8 Å². The summed E-state index contributed by atoms with van der Waals surface area (Å²) in [5.74, 6) is 1.02. The first-order valence-electron chi connectivity index (χ1n) is 7.01. The average Bonchev–Trinajstić information content (AvgIpc) is 2.31. The van der Waals surface area contributed by atoms with Crippen LogP contribution in [-0.2, 0) is 0 Å². The van der Waals surface area contributed by atoms with Gasteiger partial charge in [0.15, 0.2) is 6.10 Å². The molecule has 18 heavy (non-hydrogen) atoms. The van der Waals surface area contributed by atoms with Crippen molar-refractivity contribution in [1.29, 1.82) is 0 Å². The first-order chi connectivity index (χ1) is 8.47. The second kappa shape index (κ2) is 5.31. The molecule has 0 aliphatic heterocycles. The first-order valence-corrected chi connectivity index (χ1v) is 7.01. The minimum absolute atomic E-state index is 0.362. The van der Waals surface area contributed by atoms with Gasteiger partial charge in [-0.2, -0.15) is 0 Å². The lowest BCUT2D eigenvalue weighted by Gasteiger charge is -2.41. The van der Waals surface area contributed by atoms with Crippen LogP contribution in [0.15, 0.2) is 24.3 Å². The summed E-state index contributed by atoms with van der Waals surface area (Å²) in [7, 11) is 6.84. The zero-order chi connectivity index (χ0) is 13.2. The molecule has 1 aromatic rings. The van der Waals surface area contributed by atoms with E-state index in [1.165, 1.54) is 31.2 Å². The van der Waals surface area contributed by atoms with Gasteiger partial charge in [-0.15, -0.1) is 0 Å². The summed E-state index contributed by atoms with van der Waals surface area (Å²) >= 11 is 0. The maximum Gasteiger partial charge on any atom is 0.150 e. The Balaban J connectivity index is 2.08. The lowest BCUT2D eigenvalue weighted by Crippen LogP contribution is -2.54. The molecule has 0 saturated heterocycles. The molecular formula is C16H26NO+. The molecule has 0 unspecified atom stereocenters. The number of ether oxygens (including phenoxy) is 1. The molecule has 0 aromatic heterocycles. The van der Waals surface area contributed by atoms with E-state index in [4.69, 9.17) is 4.74 Å².